The van der Waals surface area contributed by atoms with Gasteiger partial charge in [0.05, 0.1) is 0 Å². The zero-order valence-electron chi connectivity index (χ0n) is 11.9. The molecule has 4 heteroatoms. The maximum Gasteiger partial charge on any atom is 0.259 e. The molecule has 1 aromatic carbocycles. The molecule has 1 aromatic rings. The molecular weight excluding hydrogens is 240 g/mol. The number of amides is 1. The summed E-state index contributed by atoms with van der Waals surface area (Å²) in [7, 11) is 3.47. The van der Waals surface area contributed by atoms with Gasteiger partial charge in [0.15, 0.2) is 6.61 Å². The fourth-order valence-electron chi connectivity index (χ4n) is 1.86. The first-order valence-corrected chi connectivity index (χ1v) is 6.72. The minimum Gasteiger partial charge on any atom is -0.483 e. The highest BCUT2D eigenvalue weighted by atomic mass is 16.5. The van der Waals surface area contributed by atoms with E-state index in [9.17, 15) is 4.79 Å². The highest BCUT2D eigenvalue weighted by Gasteiger charge is 2.21. The zero-order valence-corrected chi connectivity index (χ0v) is 11.9. The third kappa shape index (κ3) is 3.96. The summed E-state index contributed by atoms with van der Waals surface area (Å²) in [5, 5.41) is 3.48. The second-order valence-electron chi connectivity index (χ2n) is 5.30. The van der Waals surface area contributed by atoms with Crippen LogP contribution in [0, 0.1) is 6.92 Å². The van der Waals surface area contributed by atoms with E-state index in [0.29, 0.717) is 6.04 Å². The zero-order chi connectivity index (χ0) is 13.8. The third-order valence-electron chi connectivity index (χ3n) is 3.29. The molecule has 0 heterocycles. The van der Waals surface area contributed by atoms with E-state index in [-0.39, 0.29) is 12.5 Å². The maximum atomic E-state index is 11.6. The topological polar surface area (TPSA) is 41.6 Å². The summed E-state index contributed by atoms with van der Waals surface area (Å²) in [5.74, 6) is 0.815. The van der Waals surface area contributed by atoms with Crippen LogP contribution in [-0.4, -0.2) is 37.6 Å². The van der Waals surface area contributed by atoms with E-state index in [1.807, 2.05) is 19.1 Å². The van der Waals surface area contributed by atoms with E-state index >= 15 is 0 Å². The number of ether oxygens (including phenoxy) is 1. The molecule has 2 rings (SSSR count). The van der Waals surface area contributed by atoms with Crippen LogP contribution in [0.2, 0.25) is 0 Å². The molecule has 1 aliphatic carbocycles. The first-order chi connectivity index (χ1) is 9.08. The average molecular weight is 262 g/mol. The van der Waals surface area contributed by atoms with Crippen LogP contribution in [0.25, 0.3) is 0 Å². The van der Waals surface area contributed by atoms with Gasteiger partial charge in [-0.3, -0.25) is 4.79 Å². The Balaban J connectivity index is 2.01. The standard InChI is InChI=1S/C15H22N2O2/c1-11-5-4-6-12(9-16-13-7-8-13)15(11)19-10-14(18)17(2)3/h4-6,13,16H,7-10H2,1-3H3. The fraction of sp³-hybridized carbons (Fsp3) is 0.533. The van der Waals surface area contributed by atoms with Crippen LogP contribution < -0.4 is 10.1 Å². The molecule has 1 N–H and O–H groups in total. The SMILES string of the molecule is Cc1cccc(CNC2CC2)c1OCC(=O)N(C)C. The van der Waals surface area contributed by atoms with Crippen LogP contribution in [0.4, 0.5) is 0 Å². The number of carbonyl (C=O) groups is 1. The molecule has 1 amide bonds. The summed E-state index contributed by atoms with van der Waals surface area (Å²) >= 11 is 0. The van der Waals surface area contributed by atoms with E-state index in [1.54, 1.807) is 19.0 Å². The van der Waals surface area contributed by atoms with Gasteiger partial charge in [0.25, 0.3) is 5.91 Å². The lowest BCUT2D eigenvalue weighted by molar-refractivity contribution is -0.130. The second kappa shape index (κ2) is 6.06. The van der Waals surface area contributed by atoms with Gasteiger partial charge < -0.3 is 15.0 Å². The number of hydrogen-bond acceptors (Lipinski definition) is 3. The molecule has 104 valence electrons. The number of benzene rings is 1. The van der Waals surface area contributed by atoms with Gasteiger partial charge >= 0.3 is 0 Å². The molecule has 0 saturated heterocycles. The average Bonchev–Trinajstić information content (AvgIpc) is 3.18. The molecule has 0 aliphatic heterocycles. The van der Waals surface area contributed by atoms with Crippen molar-refractivity contribution < 1.29 is 9.53 Å². The molecule has 1 saturated carbocycles. The van der Waals surface area contributed by atoms with Gasteiger partial charge in [0.1, 0.15) is 5.75 Å². The van der Waals surface area contributed by atoms with Gasteiger partial charge in [-0.15, -0.1) is 0 Å². The van der Waals surface area contributed by atoms with Crippen molar-refractivity contribution >= 4 is 5.91 Å². The van der Waals surface area contributed by atoms with Crippen LogP contribution in [0.15, 0.2) is 18.2 Å². The Hall–Kier alpha value is -1.55. The summed E-state index contributed by atoms with van der Waals surface area (Å²) < 4.78 is 5.71. The van der Waals surface area contributed by atoms with E-state index < -0.39 is 0 Å². The van der Waals surface area contributed by atoms with Gasteiger partial charge in [-0.1, -0.05) is 18.2 Å². The van der Waals surface area contributed by atoms with Crippen LogP contribution in [0.1, 0.15) is 24.0 Å². The monoisotopic (exact) mass is 262 g/mol. The summed E-state index contributed by atoms with van der Waals surface area (Å²) in [6.45, 7) is 2.90. The van der Waals surface area contributed by atoms with E-state index in [0.717, 1.165) is 23.4 Å². The highest BCUT2D eigenvalue weighted by molar-refractivity contribution is 5.77. The Morgan fingerprint density at radius 2 is 2.16 bits per heavy atom. The number of rotatable bonds is 6. The first-order valence-electron chi connectivity index (χ1n) is 6.72. The van der Waals surface area contributed by atoms with Crippen molar-refractivity contribution in [2.75, 3.05) is 20.7 Å². The summed E-state index contributed by atoms with van der Waals surface area (Å²) in [6.07, 6.45) is 2.53. The second-order valence-corrected chi connectivity index (χ2v) is 5.30. The van der Waals surface area contributed by atoms with Crippen molar-refractivity contribution in [1.29, 1.82) is 0 Å². The normalized spacial score (nSPS) is 14.3. The van der Waals surface area contributed by atoms with Crippen LogP contribution >= 0.6 is 0 Å². The van der Waals surface area contributed by atoms with Crippen LogP contribution in [-0.2, 0) is 11.3 Å². The number of aryl methyl sites for hydroxylation is 1. The van der Waals surface area contributed by atoms with Gasteiger partial charge in [0.2, 0.25) is 0 Å². The van der Waals surface area contributed by atoms with Crippen molar-refractivity contribution in [3.05, 3.63) is 29.3 Å². The predicted molar refractivity (Wildman–Crippen MR) is 75.2 cm³/mol. The van der Waals surface area contributed by atoms with Crippen molar-refractivity contribution in [3.8, 4) is 5.75 Å². The van der Waals surface area contributed by atoms with Crippen LogP contribution in [0.3, 0.4) is 0 Å². The minimum absolute atomic E-state index is 0.0237. The highest BCUT2D eigenvalue weighted by Crippen LogP contribution is 2.25. The largest absolute Gasteiger partial charge is 0.483 e. The molecule has 0 radical (unpaired) electrons. The molecule has 0 unspecified atom stereocenters. The fourth-order valence-corrected chi connectivity index (χ4v) is 1.86. The molecule has 0 spiro atoms. The summed E-state index contributed by atoms with van der Waals surface area (Å²) in [4.78, 5) is 13.1. The quantitative estimate of drug-likeness (QED) is 0.848. The molecule has 4 nitrogen and oxygen atoms in total. The number of likely N-dealkylation sites (N-methyl/N-ethyl adjacent to an activating group) is 1. The molecule has 1 aliphatic rings. The van der Waals surface area contributed by atoms with Crippen molar-refractivity contribution in [1.82, 2.24) is 10.2 Å². The van der Waals surface area contributed by atoms with E-state index in [2.05, 4.69) is 11.4 Å². The molecule has 0 atom stereocenters. The van der Waals surface area contributed by atoms with Crippen LogP contribution in [0.5, 0.6) is 5.75 Å². The molecule has 1 fully saturated rings. The van der Waals surface area contributed by atoms with Crippen molar-refractivity contribution in [2.45, 2.75) is 32.4 Å². The molecular formula is C15H22N2O2. The number of hydrogen-bond donors (Lipinski definition) is 1. The lowest BCUT2D eigenvalue weighted by Gasteiger charge is -2.16. The predicted octanol–water partition coefficient (Wildman–Crippen LogP) is 1.71. The van der Waals surface area contributed by atoms with Gasteiger partial charge in [-0.05, 0) is 25.3 Å². The lowest BCUT2D eigenvalue weighted by Crippen LogP contribution is -2.28. The van der Waals surface area contributed by atoms with Gasteiger partial charge in [-0.25, -0.2) is 0 Å². The number of para-hydroxylation sites is 1. The molecule has 0 aromatic heterocycles. The minimum atomic E-state index is -0.0237. The third-order valence-corrected chi connectivity index (χ3v) is 3.29. The van der Waals surface area contributed by atoms with E-state index in [1.165, 1.54) is 12.8 Å². The summed E-state index contributed by atoms with van der Waals surface area (Å²) in [6, 6.07) is 6.75. The van der Waals surface area contributed by atoms with E-state index in [4.69, 9.17) is 4.74 Å². The molecule has 19 heavy (non-hydrogen) atoms. The number of nitrogens with one attached hydrogen (secondary N) is 1. The van der Waals surface area contributed by atoms with Gasteiger partial charge in [0, 0.05) is 32.2 Å². The van der Waals surface area contributed by atoms with Gasteiger partial charge in [-0.2, -0.15) is 0 Å². The number of nitrogens with zero attached hydrogens (tertiary/aromatic N) is 1. The smallest absolute Gasteiger partial charge is 0.259 e. The number of carbonyl (C=O) groups excluding carboxylic acids is 1. The Morgan fingerprint density at radius 3 is 2.79 bits per heavy atom. The van der Waals surface area contributed by atoms with Crippen molar-refractivity contribution in [2.24, 2.45) is 0 Å². The Kier molecular flexibility index (Phi) is 4.43. The Bertz CT molecular complexity index is 453. The first kappa shape index (κ1) is 13.9. The lowest BCUT2D eigenvalue weighted by atomic mass is 10.1. The molecule has 0 bridgehead atoms. The van der Waals surface area contributed by atoms with Crippen molar-refractivity contribution in [3.63, 3.8) is 0 Å². The Morgan fingerprint density at radius 1 is 1.42 bits per heavy atom. The maximum absolute atomic E-state index is 11.6. The Labute approximate surface area is 114 Å². The summed E-state index contributed by atoms with van der Waals surface area (Å²) in [5.41, 5.74) is 2.19.